The van der Waals surface area contributed by atoms with Gasteiger partial charge in [0.25, 0.3) is 5.91 Å². The summed E-state index contributed by atoms with van der Waals surface area (Å²) in [6.45, 7) is 6.69. The van der Waals surface area contributed by atoms with Crippen LogP contribution in [0.2, 0.25) is 0 Å². The molecule has 0 radical (unpaired) electrons. The molecule has 1 aliphatic heterocycles. The van der Waals surface area contributed by atoms with Crippen LogP contribution in [0.15, 0.2) is 18.2 Å². The van der Waals surface area contributed by atoms with Crippen LogP contribution in [0.1, 0.15) is 47.6 Å². The van der Waals surface area contributed by atoms with Crippen molar-refractivity contribution in [1.29, 1.82) is 0 Å². The van der Waals surface area contributed by atoms with E-state index in [-0.39, 0.29) is 18.3 Å². The van der Waals surface area contributed by atoms with E-state index in [9.17, 15) is 4.79 Å². The van der Waals surface area contributed by atoms with E-state index in [1.165, 1.54) is 0 Å². The van der Waals surface area contributed by atoms with Gasteiger partial charge in [0.15, 0.2) is 17.2 Å². The zero-order valence-electron chi connectivity index (χ0n) is 16.5. The van der Waals surface area contributed by atoms with Crippen LogP contribution in [-0.2, 0) is 6.54 Å². The number of methoxy groups -OCH3 is 1. The van der Waals surface area contributed by atoms with Crippen LogP contribution in [0.5, 0.6) is 11.5 Å². The average molecular weight is 410 g/mol. The molecule has 2 aromatic rings. The number of hydrogen-bond donors (Lipinski definition) is 2. The van der Waals surface area contributed by atoms with E-state index in [4.69, 9.17) is 9.47 Å². The Kier molecular flexibility index (Phi) is 8.07. The first-order chi connectivity index (χ1) is 13.1. The molecule has 1 aliphatic rings. The lowest BCUT2D eigenvalue weighted by Crippen LogP contribution is -2.30. The predicted molar refractivity (Wildman–Crippen MR) is 108 cm³/mol. The number of piperidine rings is 1. The van der Waals surface area contributed by atoms with Crippen LogP contribution < -0.4 is 20.1 Å². The Morgan fingerprint density at radius 3 is 2.75 bits per heavy atom. The first kappa shape index (κ1) is 22.0. The minimum atomic E-state index is -0.222. The van der Waals surface area contributed by atoms with Crippen LogP contribution in [0.25, 0.3) is 0 Å². The SMILES string of the molecule is CCOc1ccc(CNC(=O)c2nnn(C3CCNCC3)c2C)cc1OC.Cl. The quantitative estimate of drug-likeness (QED) is 0.729. The summed E-state index contributed by atoms with van der Waals surface area (Å²) in [7, 11) is 1.60. The first-order valence-corrected chi connectivity index (χ1v) is 9.34. The number of rotatable bonds is 7. The van der Waals surface area contributed by atoms with E-state index in [0.717, 1.165) is 37.2 Å². The number of ether oxygens (including phenoxy) is 2. The summed E-state index contributed by atoms with van der Waals surface area (Å²) < 4.78 is 12.8. The van der Waals surface area contributed by atoms with Crippen LogP contribution >= 0.6 is 12.4 Å². The Hall–Kier alpha value is -2.32. The molecule has 0 bridgehead atoms. The predicted octanol–water partition coefficient (Wildman–Crippen LogP) is 2.27. The Morgan fingerprint density at radius 1 is 1.32 bits per heavy atom. The highest BCUT2D eigenvalue weighted by molar-refractivity contribution is 5.93. The summed E-state index contributed by atoms with van der Waals surface area (Å²) in [5, 5.41) is 14.6. The molecule has 1 aromatic heterocycles. The number of aromatic nitrogens is 3. The minimum absolute atomic E-state index is 0. The summed E-state index contributed by atoms with van der Waals surface area (Å²) in [6.07, 6.45) is 1.99. The average Bonchev–Trinajstić information content (AvgIpc) is 3.09. The van der Waals surface area contributed by atoms with Gasteiger partial charge in [-0.3, -0.25) is 4.79 Å². The molecule has 2 heterocycles. The molecule has 1 amide bonds. The normalized spacial score (nSPS) is 14.2. The van der Waals surface area contributed by atoms with E-state index in [1.54, 1.807) is 7.11 Å². The zero-order valence-corrected chi connectivity index (χ0v) is 17.3. The molecule has 1 saturated heterocycles. The van der Waals surface area contributed by atoms with Gasteiger partial charge >= 0.3 is 0 Å². The van der Waals surface area contributed by atoms with Gasteiger partial charge in [0.05, 0.1) is 25.5 Å². The van der Waals surface area contributed by atoms with E-state index in [1.807, 2.05) is 36.7 Å². The van der Waals surface area contributed by atoms with Crippen LogP contribution in [0.3, 0.4) is 0 Å². The number of amides is 1. The van der Waals surface area contributed by atoms with Gasteiger partial charge in [0, 0.05) is 6.54 Å². The lowest BCUT2D eigenvalue weighted by Gasteiger charge is -2.23. The van der Waals surface area contributed by atoms with Gasteiger partial charge < -0.3 is 20.1 Å². The van der Waals surface area contributed by atoms with Crippen LogP contribution in [0, 0.1) is 6.92 Å². The van der Waals surface area contributed by atoms with Crippen molar-refractivity contribution >= 4 is 18.3 Å². The number of hydrogen-bond acceptors (Lipinski definition) is 6. The number of nitrogens with zero attached hydrogens (tertiary/aromatic N) is 3. The molecule has 2 N–H and O–H groups in total. The zero-order chi connectivity index (χ0) is 19.2. The van der Waals surface area contributed by atoms with Gasteiger partial charge in [0.1, 0.15) is 0 Å². The second kappa shape index (κ2) is 10.3. The molecule has 28 heavy (non-hydrogen) atoms. The van der Waals surface area contributed by atoms with Gasteiger partial charge in [-0.25, -0.2) is 4.68 Å². The van der Waals surface area contributed by atoms with E-state index < -0.39 is 0 Å². The third-order valence-electron chi connectivity index (χ3n) is 4.78. The number of benzene rings is 1. The summed E-state index contributed by atoms with van der Waals surface area (Å²) in [5.74, 6) is 1.12. The Morgan fingerprint density at radius 2 is 2.07 bits per heavy atom. The fourth-order valence-corrected chi connectivity index (χ4v) is 3.31. The van der Waals surface area contributed by atoms with Crippen molar-refractivity contribution in [1.82, 2.24) is 25.6 Å². The molecule has 0 atom stereocenters. The molecule has 154 valence electrons. The summed E-state index contributed by atoms with van der Waals surface area (Å²) in [6, 6.07) is 5.93. The minimum Gasteiger partial charge on any atom is -0.493 e. The van der Waals surface area contributed by atoms with Crippen molar-refractivity contribution in [2.75, 3.05) is 26.8 Å². The highest BCUT2D eigenvalue weighted by Gasteiger charge is 2.22. The smallest absolute Gasteiger partial charge is 0.274 e. The Bertz CT molecular complexity index is 790. The lowest BCUT2D eigenvalue weighted by atomic mass is 10.1. The fraction of sp³-hybridized carbons (Fsp3) is 0.526. The topological polar surface area (TPSA) is 90.3 Å². The molecule has 3 rings (SSSR count). The summed E-state index contributed by atoms with van der Waals surface area (Å²) in [5.41, 5.74) is 2.11. The van der Waals surface area contributed by atoms with Gasteiger partial charge in [-0.05, 0) is 57.5 Å². The van der Waals surface area contributed by atoms with Crippen molar-refractivity contribution in [2.24, 2.45) is 0 Å². The number of carbonyl (C=O) groups excluding carboxylic acids is 1. The molecule has 8 nitrogen and oxygen atoms in total. The van der Waals surface area contributed by atoms with Crippen LogP contribution in [-0.4, -0.2) is 47.7 Å². The second-order valence-electron chi connectivity index (χ2n) is 6.55. The van der Waals surface area contributed by atoms with Gasteiger partial charge in [-0.15, -0.1) is 17.5 Å². The number of carbonyl (C=O) groups is 1. The molecule has 1 aromatic carbocycles. The molecule has 0 saturated carbocycles. The highest BCUT2D eigenvalue weighted by atomic mass is 35.5. The Labute approximate surface area is 171 Å². The largest absolute Gasteiger partial charge is 0.493 e. The maximum Gasteiger partial charge on any atom is 0.274 e. The third-order valence-corrected chi connectivity index (χ3v) is 4.78. The fourth-order valence-electron chi connectivity index (χ4n) is 3.31. The van der Waals surface area contributed by atoms with Crippen molar-refractivity contribution in [3.63, 3.8) is 0 Å². The maximum absolute atomic E-state index is 12.6. The molecule has 0 unspecified atom stereocenters. The lowest BCUT2D eigenvalue weighted by molar-refractivity contribution is 0.0945. The molecule has 0 aliphatic carbocycles. The third kappa shape index (κ3) is 4.94. The molecule has 0 spiro atoms. The van der Waals surface area contributed by atoms with Gasteiger partial charge in [-0.1, -0.05) is 11.3 Å². The van der Waals surface area contributed by atoms with Crippen molar-refractivity contribution in [2.45, 2.75) is 39.3 Å². The van der Waals surface area contributed by atoms with Gasteiger partial charge in [0.2, 0.25) is 0 Å². The molecule has 1 fully saturated rings. The van der Waals surface area contributed by atoms with Crippen LogP contribution in [0.4, 0.5) is 0 Å². The van der Waals surface area contributed by atoms with Crippen molar-refractivity contribution in [3.05, 3.63) is 35.2 Å². The number of halogens is 1. The highest BCUT2D eigenvalue weighted by Crippen LogP contribution is 2.28. The monoisotopic (exact) mass is 409 g/mol. The van der Waals surface area contributed by atoms with Gasteiger partial charge in [-0.2, -0.15) is 0 Å². The molecule has 9 heteroatoms. The number of nitrogens with one attached hydrogen (secondary N) is 2. The first-order valence-electron chi connectivity index (χ1n) is 9.34. The molecular weight excluding hydrogens is 382 g/mol. The summed E-state index contributed by atoms with van der Waals surface area (Å²) >= 11 is 0. The van der Waals surface area contributed by atoms with E-state index >= 15 is 0 Å². The Balaban J connectivity index is 0.00000280. The van der Waals surface area contributed by atoms with E-state index in [0.29, 0.717) is 36.4 Å². The van der Waals surface area contributed by atoms with E-state index in [2.05, 4.69) is 20.9 Å². The molecular formula is C19H28ClN5O3. The van der Waals surface area contributed by atoms with Crippen molar-refractivity contribution in [3.8, 4) is 11.5 Å². The summed E-state index contributed by atoms with van der Waals surface area (Å²) in [4.78, 5) is 12.6. The standard InChI is InChI=1S/C19H27N5O3.ClH/c1-4-27-16-6-5-14(11-17(16)26-3)12-21-19(25)18-13(2)24(23-22-18)15-7-9-20-10-8-15;/h5-6,11,15,20H,4,7-10,12H2,1-3H3,(H,21,25);1H. The van der Waals surface area contributed by atoms with Crippen molar-refractivity contribution < 1.29 is 14.3 Å². The maximum atomic E-state index is 12.6. The second-order valence-corrected chi connectivity index (χ2v) is 6.55.